The zero-order chi connectivity index (χ0) is 22.7. The Morgan fingerprint density at radius 2 is 1.91 bits per heavy atom. The summed E-state index contributed by atoms with van der Waals surface area (Å²) in [5.41, 5.74) is 2.07. The predicted octanol–water partition coefficient (Wildman–Crippen LogP) is 4.99. The van der Waals surface area contributed by atoms with E-state index in [1.807, 2.05) is 0 Å². The quantitative estimate of drug-likeness (QED) is 0.519. The Morgan fingerprint density at radius 3 is 2.62 bits per heavy atom. The molecule has 11 atom stereocenters. The van der Waals surface area contributed by atoms with E-state index in [9.17, 15) is 10.2 Å². The van der Waals surface area contributed by atoms with Crippen molar-refractivity contribution in [3.63, 3.8) is 0 Å². The molecule has 6 aliphatic rings. The Labute approximate surface area is 193 Å². The van der Waals surface area contributed by atoms with Crippen molar-refractivity contribution in [3.05, 3.63) is 23.8 Å². The van der Waals surface area contributed by atoms with Crippen LogP contribution in [0.2, 0.25) is 0 Å². The van der Waals surface area contributed by atoms with Crippen LogP contribution in [0.4, 0.5) is 0 Å². The lowest BCUT2D eigenvalue weighted by Gasteiger charge is -2.59. The fraction of sp³-hybridized carbons (Fsp3) is 0.857. The predicted molar refractivity (Wildman–Crippen MR) is 124 cm³/mol. The van der Waals surface area contributed by atoms with Crippen LogP contribution in [0, 0.1) is 40.4 Å². The average molecular weight is 443 g/mol. The van der Waals surface area contributed by atoms with Crippen LogP contribution in [0.15, 0.2) is 23.8 Å². The van der Waals surface area contributed by atoms with Crippen molar-refractivity contribution in [2.24, 2.45) is 40.4 Å². The molecule has 2 saturated heterocycles. The van der Waals surface area contributed by atoms with Gasteiger partial charge in [-0.1, -0.05) is 44.6 Å². The van der Waals surface area contributed by atoms with Gasteiger partial charge in [0, 0.05) is 18.3 Å². The number of hydrogen-bond donors (Lipinski definition) is 2. The third-order valence-corrected chi connectivity index (χ3v) is 11.8. The van der Waals surface area contributed by atoms with Crippen LogP contribution in [-0.4, -0.2) is 40.4 Å². The van der Waals surface area contributed by atoms with Crippen molar-refractivity contribution in [2.75, 3.05) is 6.61 Å². The number of allylic oxidation sites excluding steroid dienone is 1. The van der Waals surface area contributed by atoms with Gasteiger partial charge in [-0.15, -0.1) is 0 Å². The highest BCUT2D eigenvalue weighted by atomic mass is 16.7. The first-order valence-corrected chi connectivity index (χ1v) is 13.1. The molecule has 2 N–H and O–H groups in total. The maximum Gasteiger partial charge on any atom is 0.172 e. The number of rotatable bonds is 0. The zero-order valence-corrected chi connectivity index (χ0v) is 20.4. The van der Waals surface area contributed by atoms with E-state index < -0.39 is 11.4 Å². The summed E-state index contributed by atoms with van der Waals surface area (Å²) in [7, 11) is 0. The third kappa shape index (κ3) is 2.59. The van der Waals surface area contributed by atoms with Crippen LogP contribution >= 0.6 is 0 Å². The van der Waals surface area contributed by atoms with E-state index in [4.69, 9.17) is 9.47 Å². The maximum absolute atomic E-state index is 11.9. The summed E-state index contributed by atoms with van der Waals surface area (Å²) in [5.74, 6) is 1.30. The largest absolute Gasteiger partial charge is 0.393 e. The SMILES string of the molecule is C=C1CC[C@@]2(OC1)O[C@H]1C[C@@]3(C)[C@@H]4CC=C5C[C@@H](O)C[C@H]5[C@](C)(O)[C@H]4CC[C@]3(C)[C@H]1[C@@H]2C. The molecule has 1 spiro atoms. The fourth-order valence-corrected chi connectivity index (χ4v) is 9.92. The molecule has 2 heterocycles. The van der Waals surface area contributed by atoms with E-state index in [0.29, 0.717) is 30.8 Å². The van der Waals surface area contributed by atoms with E-state index in [-0.39, 0.29) is 34.9 Å². The summed E-state index contributed by atoms with van der Waals surface area (Å²) < 4.78 is 13.2. The molecule has 5 fully saturated rings. The Bertz CT molecular complexity index is 849. The molecular formula is C28H42O4. The number of fused-ring (bicyclic) bond motifs is 6. The van der Waals surface area contributed by atoms with Crippen molar-refractivity contribution in [1.29, 1.82) is 0 Å². The van der Waals surface area contributed by atoms with Crippen LogP contribution < -0.4 is 0 Å². The minimum absolute atomic E-state index is 0.114. The highest BCUT2D eigenvalue weighted by Crippen LogP contribution is 2.74. The second-order valence-electron chi connectivity index (χ2n) is 13.0. The summed E-state index contributed by atoms with van der Waals surface area (Å²) in [4.78, 5) is 0. The molecule has 0 radical (unpaired) electrons. The second-order valence-corrected chi connectivity index (χ2v) is 13.0. The van der Waals surface area contributed by atoms with Gasteiger partial charge in [-0.05, 0) is 80.5 Å². The van der Waals surface area contributed by atoms with Gasteiger partial charge in [-0.25, -0.2) is 0 Å². The first-order chi connectivity index (χ1) is 15.0. The molecule has 0 amide bonds. The smallest absolute Gasteiger partial charge is 0.172 e. The Hall–Kier alpha value is -0.680. The van der Waals surface area contributed by atoms with Crippen LogP contribution in [0.25, 0.3) is 0 Å². The van der Waals surface area contributed by atoms with E-state index in [1.165, 1.54) is 11.1 Å². The van der Waals surface area contributed by atoms with E-state index >= 15 is 0 Å². The van der Waals surface area contributed by atoms with Gasteiger partial charge in [0.15, 0.2) is 5.79 Å². The number of aliphatic hydroxyl groups is 2. The Morgan fingerprint density at radius 1 is 1.12 bits per heavy atom. The molecule has 32 heavy (non-hydrogen) atoms. The summed E-state index contributed by atoms with van der Waals surface area (Å²) >= 11 is 0. The van der Waals surface area contributed by atoms with E-state index in [2.05, 4.69) is 40.3 Å². The molecule has 4 nitrogen and oxygen atoms in total. The summed E-state index contributed by atoms with van der Waals surface area (Å²) in [6.07, 6.45) is 10.1. The molecule has 0 aromatic carbocycles. The number of aliphatic hydroxyl groups excluding tert-OH is 1. The minimum atomic E-state index is -0.743. The second kappa shape index (κ2) is 6.71. The molecule has 0 unspecified atom stereocenters. The van der Waals surface area contributed by atoms with Crippen LogP contribution in [0.5, 0.6) is 0 Å². The molecular weight excluding hydrogens is 400 g/mol. The lowest BCUT2D eigenvalue weighted by molar-refractivity contribution is -0.259. The molecule has 0 bridgehead atoms. The number of hydrogen-bond acceptors (Lipinski definition) is 4. The minimum Gasteiger partial charge on any atom is -0.393 e. The maximum atomic E-state index is 11.9. The topological polar surface area (TPSA) is 58.9 Å². The summed E-state index contributed by atoms with van der Waals surface area (Å²) in [6, 6.07) is 0. The molecule has 0 aromatic rings. The van der Waals surface area contributed by atoms with Gasteiger partial charge in [0.05, 0.1) is 24.4 Å². The number of ether oxygens (including phenoxy) is 2. The molecule has 0 aromatic heterocycles. The van der Waals surface area contributed by atoms with Crippen LogP contribution in [0.3, 0.4) is 0 Å². The first kappa shape index (κ1) is 21.8. The van der Waals surface area contributed by atoms with Crippen molar-refractivity contribution >= 4 is 0 Å². The van der Waals surface area contributed by atoms with Gasteiger partial charge < -0.3 is 19.7 Å². The van der Waals surface area contributed by atoms with E-state index in [0.717, 1.165) is 44.9 Å². The molecule has 4 heteroatoms. The lowest BCUT2D eigenvalue weighted by Crippen LogP contribution is -2.57. The Balaban J connectivity index is 1.35. The Kier molecular flexibility index (Phi) is 4.58. The van der Waals surface area contributed by atoms with Gasteiger partial charge in [0.1, 0.15) is 0 Å². The van der Waals surface area contributed by atoms with Crippen molar-refractivity contribution < 1.29 is 19.7 Å². The molecule has 3 saturated carbocycles. The highest BCUT2D eigenvalue weighted by molar-refractivity contribution is 5.27. The molecule has 4 aliphatic carbocycles. The normalized spacial score (nSPS) is 59.2. The molecule has 6 rings (SSSR count). The van der Waals surface area contributed by atoms with Crippen LogP contribution in [0.1, 0.15) is 79.1 Å². The summed E-state index contributed by atoms with van der Waals surface area (Å²) in [6.45, 7) is 14.3. The van der Waals surface area contributed by atoms with Crippen molar-refractivity contribution in [3.8, 4) is 0 Å². The first-order valence-electron chi connectivity index (χ1n) is 13.1. The standard InChI is InChI=1S/C28H42O4/c1-16-8-11-28(31-15-16)17(2)24-23(32-28)14-26(4)20-7-6-18-12-19(29)13-22(18)27(5,30)21(20)9-10-25(24,26)3/h6,17,19-24,29-30H,1,7-15H2,2-5H3/t17-,19+,20+,21-,22+,23-,24-,25+,26-,27+,28+/m0/s1. The molecule has 178 valence electrons. The van der Waals surface area contributed by atoms with Crippen molar-refractivity contribution in [2.45, 2.75) is 103 Å². The highest BCUT2D eigenvalue weighted by Gasteiger charge is 2.72. The van der Waals surface area contributed by atoms with Gasteiger partial charge in [0.25, 0.3) is 0 Å². The van der Waals surface area contributed by atoms with Crippen molar-refractivity contribution in [1.82, 2.24) is 0 Å². The monoisotopic (exact) mass is 442 g/mol. The van der Waals surface area contributed by atoms with Gasteiger partial charge in [-0.2, -0.15) is 0 Å². The lowest BCUT2D eigenvalue weighted by atomic mass is 9.46. The van der Waals surface area contributed by atoms with Gasteiger partial charge in [-0.3, -0.25) is 0 Å². The third-order valence-electron chi connectivity index (χ3n) is 11.8. The van der Waals surface area contributed by atoms with E-state index in [1.54, 1.807) is 0 Å². The van der Waals surface area contributed by atoms with Gasteiger partial charge >= 0.3 is 0 Å². The fourth-order valence-electron chi connectivity index (χ4n) is 9.92. The zero-order valence-electron chi connectivity index (χ0n) is 20.4. The van der Waals surface area contributed by atoms with Crippen LogP contribution in [-0.2, 0) is 9.47 Å². The molecule has 2 aliphatic heterocycles. The summed E-state index contributed by atoms with van der Waals surface area (Å²) in [5, 5.41) is 22.2. The average Bonchev–Trinajstić information content (AvgIpc) is 3.28. The van der Waals surface area contributed by atoms with Gasteiger partial charge in [0.2, 0.25) is 0 Å².